The highest BCUT2D eigenvalue weighted by Crippen LogP contribution is 2.21. The zero-order valence-corrected chi connectivity index (χ0v) is 10.7. The molecule has 0 aliphatic heterocycles. The maximum atomic E-state index is 13.2. The van der Waals surface area contributed by atoms with E-state index in [0.29, 0.717) is 5.75 Å². The first-order valence-corrected chi connectivity index (χ1v) is 5.62. The molecule has 4 heteroatoms. The Morgan fingerprint density at radius 3 is 2.71 bits per heavy atom. The van der Waals surface area contributed by atoms with Gasteiger partial charge in [-0.05, 0) is 31.5 Å². The van der Waals surface area contributed by atoms with Gasteiger partial charge < -0.3 is 9.64 Å². The minimum atomic E-state index is -0.438. The highest BCUT2D eigenvalue weighted by Gasteiger charge is 2.20. The molecular formula is C13H18FNO2. The molecule has 0 bridgehead atoms. The van der Waals surface area contributed by atoms with Crippen molar-refractivity contribution in [2.24, 2.45) is 0 Å². The summed E-state index contributed by atoms with van der Waals surface area (Å²) in [6, 6.07) is 4.06. The van der Waals surface area contributed by atoms with E-state index in [1.54, 1.807) is 11.9 Å². The molecular weight excluding hydrogens is 221 g/mol. The molecule has 1 aromatic rings. The van der Waals surface area contributed by atoms with Crippen LogP contribution in [-0.2, 0) is 0 Å². The number of methoxy groups -OCH3 is 1. The number of hydrogen-bond acceptors (Lipinski definition) is 2. The number of hydrogen-bond donors (Lipinski definition) is 0. The molecule has 0 saturated carbocycles. The van der Waals surface area contributed by atoms with Crippen LogP contribution in [0.2, 0.25) is 0 Å². The maximum Gasteiger partial charge on any atom is 0.257 e. The molecule has 0 heterocycles. The number of carbonyl (C=O) groups is 1. The topological polar surface area (TPSA) is 29.5 Å². The van der Waals surface area contributed by atoms with Crippen LogP contribution in [-0.4, -0.2) is 31.0 Å². The van der Waals surface area contributed by atoms with Crippen molar-refractivity contribution in [3.8, 4) is 5.75 Å². The second kappa shape index (κ2) is 5.66. The van der Waals surface area contributed by atoms with Gasteiger partial charge in [0.2, 0.25) is 0 Å². The number of amides is 1. The summed E-state index contributed by atoms with van der Waals surface area (Å²) in [7, 11) is 3.17. The highest BCUT2D eigenvalue weighted by atomic mass is 19.1. The molecule has 0 aliphatic carbocycles. The summed E-state index contributed by atoms with van der Waals surface area (Å²) >= 11 is 0. The van der Waals surface area contributed by atoms with Crippen LogP contribution in [0, 0.1) is 5.82 Å². The lowest BCUT2D eigenvalue weighted by Crippen LogP contribution is -2.34. The Hall–Kier alpha value is -1.58. The third kappa shape index (κ3) is 2.96. The molecule has 1 amide bonds. The molecule has 0 spiro atoms. The highest BCUT2D eigenvalue weighted by molar-refractivity contribution is 5.97. The monoisotopic (exact) mass is 239 g/mol. The van der Waals surface area contributed by atoms with Crippen LogP contribution in [0.3, 0.4) is 0 Å². The van der Waals surface area contributed by atoms with Gasteiger partial charge in [0.15, 0.2) is 0 Å². The molecule has 3 nitrogen and oxygen atoms in total. The molecule has 1 rings (SSSR count). The first-order chi connectivity index (χ1) is 8.01. The van der Waals surface area contributed by atoms with Crippen molar-refractivity contribution in [3.05, 3.63) is 29.6 Å². The minimum absolute atomic E-state index is 0.107. The summed E-state index contributed by atoms with van der Waals surface area (Å²) in [5, 5.41) is 0. The van der Waals surface area contributed by atoms with Crippen LogP contribution < -0.4 is 4.74 Å². The quantitative estimate of drug-likeness (QED) is 0.808. The van der Waals surface area contributed by atoms with Gasteiger partial charge in [0, 0.05) is 13.1 Å². The second-order valence-corrected chi connectivity index (χ2v) is 4.02. The van der Waals surface area contributed by atoms with Gasteiger partial charge in [-0.1, -0.05) is 6.92 Å². The number of rotatable bonds is 4. The molecule has 0 fully saturated rings. The molecule has 1 unspecified atom stereocenters. The van der Waals surface area contributed by atoms with Crippen molar-refractivity contribution in [2.75, 3.05) is 14.2 Å². The van der Waals surface area contributed by atoms with Gasteiger partial charge >= 0.3 is 0 Å². The summed E-state index contributed by atoms with van der Waals surface area (Å²) in [6.07, 6.45) is 0.847. The Morgan fingerprint density at radius 2 is 2.18 bits per heavy atom. The number of ether oxygens (including phenoxy) is 1. The van der Waals surface area contributed by atoms with Gasteiger partial charge in [0.05, 0.1) is 12.7 Å². The zero-order valence-electron chi connectivity index (χ0n) is 10.7. The maximum absolute atomic E-state index is 13.2. The van der Waals surface area contributed by atoms with Gasteiger partial charge in [-0.3, -0.25) is 4.79 Å². The van der Waals surface area contributed by atoms with Crippen molar-refractivity contribution in [1.82, 2.24) is 4.90 Å². The summed E-state index contributed by atoms with van der Waals surface area (Å²) in [4.78, 5) is 13.8. The third-order valence-electron chi connectivity index (χ3n) is 2.96. The summed E-state index contributed by atoms with van der Waals surface area (Å²) in [5.74, 6) is -0.269. The molecule has 0 N–H and O–H groups in total. The third-order valence-corrected chi connectivity index (χ3v) is 2.96. The van der Waals surface area contributed by atoms with Gasteiger partial charge in [0.25, 0.3) is 5.91 Å². The van der Waals surface area contributed by atoms with Gasteiger partial charge in [-0.25, -0.2) is 4.39 Å². The van der Waals surface area contributed by atoms with Crippen molar-refractivity contribution in [2.45, 2.75) is 26.3 Å². The predicted octanol–water partition coefficient (Wildman–Crippen LogP) is 2.70. The van der Waals surface area contributed by atoms with Crippen LogP contribution in [0.1, 0.15) is 30.6 Å². The Balaban J connectivity index is 3.06. The fourth-order valence-corrected chi connectivity index (χ4v) is 1.51. The van der Waals surface area contributed by atoms with Crippen molar-refractivity contribution < 1.29 is 13.9 Å². The van der Waals surface area contributed by atoms with E-state index in [1.165, 1.54) is 25.3 Å². The standard InChI is InChI=1S/C13H18FNO2/c1-5-9(2)15(3)13(16)11-8-10(14)6-7-12(11)17-4/h6-9H,5H2,1-4H3. The first kappa shape index (κ1) is 13.5. The van der Waals surface area contributed by atoms with E-state index < -0.39 is 5.82 Å². The fraction of sp³-hybridized carbons (Fsp3) is 0.462. The van der Waals surface area contributed by atoms with E-state index in [2.05, 4.69) is 0 Å². The molecule has 0 radical (unpaired) electrons. The molecule has 17 heavy (non-hydrogen) atoms. The average molecular weight is 239 g/mol. The lowest BCUT2D eigenvalue weighted by molar-refractivity contribution is 0.0736. The number of halogens is 1. The van der Waals surface area contributed by atoms with E-state index in [1.807, 2.05) is 13.8 Å². The van der Waals surface area contributed by atoms with E-state index in [9.17, 15) is 9.18 Å². The van der Waals surface area contributed by atoms with Gasteiger partial charge in [0.1, 0.15) is 11.6 Å². The average Bonchev–Trinajstić information content (AvgIpc) is 2.35. The van der Waals surface area contributed by atoms with Crippen LogP contribution >= 0.6 is 0 Å². The number of nitrogens with zero attached hydrogens (tertiary/aromatic N) is 1. The summed E-state index contributed by atoms with van der Waals surface area (Å²) in [5.41, 5.74) is 0.260. The molecule has 0 aliphatic rings. The first-order valence-electron chi connectivity index (χ1n) is 5.62. The van der Waals surface area contributed by atoms with E-state index in [0.717, 1.165) is 6.42 Å². The summed E-state index contributed by atoms with van der Waals surface area (Å²) in [6.45, 7) is 3.95. The molecule has 0 aromatic heterocycles. The Kier molecular flexibility index (Phi) is 4.49. The zero-order chi connectivity index (χ0) is 13.0. The largest absolute Gasteiger partial charge is 0.496 e. The molecule has 1 atom stereocenters. The van der Waals surface area contributed by atoms with Gasteiger partial charge in [-0.2, -0.15) is 0 Å². The smallest absolute Gasteiger partial charge is 0.257 e. The Morgan fingerprint density at radius 1 is 1.53 bits per heavy atom. The minimum Gasteiger partial charge on any atom is -0.496 e. The number of carbonyl (C=O) groups excluding carboxylic acids is 1. The predicted molar refractivity (Wildman–Crippen MR) is 64.8 cm³/mol. The molecule has 94 valence electrons. The van der Waals surface area contributed by atoms with Crippen LogP contribution in [0.5, 0.6) is 5.75 Å². The van der Waals surface area contributed by atoms with Crippen molar-refractivity contribution in [3.63, 3.8) is 0 Å². The van der Waals surface area contributed by atoms with Gasteiger partial charge in [-0.15, -0.1) is 0 Å². The van der Waals surface area contributed by atoms with E-state index >= 15 is 0 Å². The van der Waals surface area contributed by atoms with Crippen LogP contribution in [0.25, 0.3) is 0 Å². The lowest BCUT2D eigenvalue weighted by Gasteiger charge is -2.24. The Bertz CT molecular complexity index is 406. The van der Waals surface area contributed by atoms with Crippen LogP contribution in [0.15, 0.2) is 18.2 Å². The fourth-order valence-electron chi connectivity index (χ4n) is 1.51. The SMILES string of the molecule is CCC(C)N(C)C(=O)c1cc(F)ccc1OC. The second-order valence-electron chi connectivity index (χ2n) is 4.02. The normalized spacial score (nSPS) is 12.1. The van der Waals surface area contributed by atoms with E-state index in [4.69, 9.17) is 4.74 Å². The molecule has 0 saturated heterocycles. The molecule has 1 aromatic carbocycles. The van der Waals surface area contributed by atoms with E-state index in [-0.39, 0.29) is 17.5 Å². The van der Waals surface area contributed by atoms with Crippen LogP contribution in [0.4, 0.5) is 4.39 Å². The summed E-state index contributed by atoms with van der Waals surface area (Å²) < 4.78 is 18.2. The van der Waals surface area contributed by atoms with Crippen molar-refractivity contribution >= 4 is 5.91 Å². The Labute approximate surface area is 101 Å². The lowest BCUT2D eigenvalue weighted by atomic mass is 10.1. The van der Waals surface area contributed by atoms with Crippen molar-refractivity contribution in [1.29, 1.82) is 0 Å². The number of benzene rings is 1.